The molecule has 2 aromatic carbocycles. The van der Waals surface area contributed by atoms with E-state index in [1.54, 1.807) is 76.6 Å². The van der Waals surface area contributed by atoms with Gasteiger partial charge in [-0.3, -0.25) is 9.59 Å². The first-order chi connectivity index (χ1) is 21.0. The van der Waals surface area contributed by atoms with Crippen molar-refractivity contribution >= 4 is 51.5 Å². The number of carbonyl (C=O) groups is 3. The van der Waals surface area contributed by atoms with E-state index in [1.807, 2.05) is 0 Å². The molecule has 0 aliphatic rings. The molecule has 45 heavy (non-hydrogen) atoms. The van der Waals surface area contributed by atoms with Crippen LogP contribution < -0.4 is 14.4 Å². The molecule has 0 radical (unpaired) electrons. The predicted octanol–water partition coefficient (Wildman–Crippen LogP) is 6.67. The van der Waals surface area contributed by atoms with Crippen molar-refractivity contribution in [3.05, 3.63) is 76.2 Å². The molecular weight excluding hydrogens is 623 g/mol. The number of hydrogen-bond acceptors (Lipinski definition) is 8. The second-order valence-electron chi connectivity index (χ2n) is 12.2. The third kappa shape index (κ3) is 9.42. The average molecular weight is 663 g/mol. The summed E-state index contributed by atoms with van der Waals surface area (Å²) in [5.74, 6) is -2.24. The first-order valence-corrected chi connectivity index (χ1v) is 16.1. The van der Waals surface area contributed by atoms with Crippen molar-refractivity contribution in [2.75, 3.05) is 18.8 Å². The minimum Gasteiger partial charge on any atom is -0.481 e. The molecule has 244 valence electrons. The van der Waals surface area contributed by atoms with Crippen molar-refractivity contribution in [2.45, 2.75) is 70.3 Å². The van der Waals surface area contributed by atoms with Crippen LogP contribution in [0.3, 0.4) is 0 Å². The van der Waals surface area contributed by atoms with Crippen LogP contribution in [-0.2, 0) is 35.6 Å². The van der Waals surface area contributed by atoms with Gasteiger partial charge in [0.25, 0.3) is 0 Å². The molecule has 0 bridgehead atoms. The zero-order chi connectivity index (χ0) is 33.6. The molecule has 10 nitrogen and oxygen atoms in total. The largest absolute Gasteiger partial charge is 0.481 e. The summed E-state index contributed by atoms with van der Waals surface area (Å²) < 4.78 is 46.9. The number of nitrogens with one attached hydrogen (secondary N) is 1. The number of carbonyl (C=O) groups excluding carboxylic acids is 2. The Labute approximate surface area is 269 Å². The Morgan fingerprint density at radius 1 is 1.00 bits per heavy atom. The van der Waals surface area contributed by atoms with Gasteiger partial charge in [-0.25, -0.2) is 23.0 Å². The molecule has 0 aliphatic carbocycles. The molecule has 1 aromatic heterocycles. The maximum atomic E-state index is 13.9. The summed E-state index contributed by atoms with van der Waals surface area (Å²) in [5.41, 5.74) is -1.13. The smallest absolute Gasteiger partial charge is 0.419 e. The zero-order valence-corrected chi connectivity index (χ0v) is 28.0. The number of carboxylic acids is 1. The number of ketones is 1. The third-order valence-electron chi connectivity index (χ3n) is 6.32. The van der Waals surface area contributed by atoms with Crippen LogP contribution in [0.2, 0.25) is 0 Å². The number of amides is 1. The number of ether oxygens (including phenoxy) is 3. The fourth-order valence-corrected chi connectivity index (χ4v) is 6.00. The Morgan fingerprint density at radius 2 is 1.64 bits per heavy atom. The molecule has 13 heteroatoms. The van der Waals surface area contributed by atoms with E-state index in [9.17, 15) is 28.1 Å². The molecule has 1 amide bonds. The number of anilines is 2. The number of benzene rings is 2. The maximum absolute atomic E-state index is 13.9. The standard InChI is InChI=1S/C32H39FN2O8S2/c1-30(2,3)43-29(39)35(23-10-8-22(33)9-11-23)24-12-13-27(42-20-41-7)26(16-24)32(21-14-15-44-19-21,18-25(36)17-28(37)38)34-45(40)31(4,5)6/h8-16,19,34H,17-18,20H2,1-7H3,(H,37,38). The van der Waals surface area contributed by atoms with Crippen LogP contribution in [-0.4, -0.2) is 51.4 Å². The summed E-state index contributed by atoms with van der Waals surface area (Å²) in [6.07, 6.45) is -1.96. The number of halogens is 1. The minimum atomic E-state index is -1.79. The molecule has 2 atom stereocenters. The third-order valence-corrected chi connectivity index (χ3v) is 8.65. The highest BCUT2D eigenvalue weighted by Crippen LogP contribution is 2.44. The fraction of sp³-hybridized carbons (Fsp3) is 0.406. The van der Waals surface area contributed by atoms with Crippen molar-refractivity contribution in [3.63, 3.8) is 0 Å². The Hall–Kier alpha value is -3.65. The molecule has 2 unspecified atom stereocenters. The average Bonchev–Trinajstić information content (AvgIpc) is 3.47. The maximum Gasteiger partial charge on any atom is 0.419 e. The van der Waals surface area contributed by atoms with E-state index in [1.165, 1.54) is 47.6 Å². The fourth-order valence-electron chi connectivity index (χ4n) is 4.34. The summed E-state index contributed by atoms with van der Waals surface area (Å²) >= 11 is 1.33. The lowest BCUT2D eigenvalue weighted by Crippen LogP contribution is -2.50. The predicted molar refractivity (Wildman–Crippen MR) is 172 cm³/mol. The van der Waals surface area contributed by atoms with Crippen LogP contribution in [0.1, 0.15) is 65.5 Å². The minimum absolute atomic E-state index is 0.189. The van der Waals surface area contributed by atoms with E-state index >= 15 is 0 Å². The van der Waals surface area contributed by atoms with E-state index in [0.29, 0.717) is 5.56 Å². The molecule has 1 heterocycles. The van der Waals surface area contributed by atoms with Crippen LogP contribution in [0.4, 0.5) is 20.6 Å². The van der Waals surface area contributed by atoms with Gasteiger partial charge in [0.2, 0.25) is 0 Å². The summed E-state index contributed by atoms with van der Waals surface area (Å²) in [6.45, 7) is 10.2. The SMILES string of the molecule is COCOc1ccc(N(C(=O)OC(C)(C)C)c2ccc(F)cc2)cc1C(CC(=O)CC(=O)O)(NS(=O)C(C)(C)C)c1ccsc1. The number of rotatable bonds is 13. The van der Waals surface area contributed by atoms with Crippen molar-refractivity contribution in [1.29, 1.82) is 0 Å². The number of hydrogen-bond donors (Lipinski definition) is 2. The van der Waals surface area contributed by atoms with Crippen molar-refractivity contribution in [2.24, 2.45) is 0 Å². The first-order valence-electron chi connectivity index (χ1n) is 14.0. The molecule has 3 aromatic rings. The van der Waals surface area contributed by atoms with Gasteiger partial charge < -0.3 is 19.3 Å². The Morgan fingerprint density at radius 3 is 2.18 bits per heavy atom. The molecule has 0 spiro atoms. The number of aliphatic carboxylic acids is 1. The van der Waals surface area contributed by atoms with Gasteiger partial charge in [0, 0.05) is 19.1 Å². The Balaban J connectivity index is 2.40. The highest BCUT2D eigenvalue weighted by Gasteiger charge is 2.43. The molecule has 3 rings (SSSR count). The zero-order valence-electron chi connectivity index (χ0n) is 26.3. The lowest BCUT2D eigenvalue weighted by Gasteiger charge is -2.38. The van der Waals surface area contributed by atoms with Crippen LogP contribution in [0.5, 0.6) is 5.75 Å². The lowest BCUT2D eigenvalue weighted by molar-refractivity contribution is -0.140. The number of methoxy groups -OCH3 is 1. The van der Waals surface area contributed by atoms with Crippen LogP contribution >= 0.6 is 11.3 Å². The molecule has 0 aliphatic heterocycles. The van der Waals surface area contributed by atoms with E-state index in [2.05, 4.69) is 4.72 Å². The quantitative estimate of drug-likeness (QED) is 0.153. The monoisotopic (exact) mass is 662 g/mol. The summed E-state index contributed by atoms with van der Waals surface area (Å²) in [6, 6.07) is 11.7. The first kappa shape index (κ1) is 35.8. The topological polar surface area (TPSA) is 131 Å². The lowest BCUT2D eigenvalue weighted by atomic mass is 9.79. The number of carboxylic acid groups (broad SMARTS) is 1. The number of Topliss-reactive ketones (excluding diaryl/α,β-unsaturated/α-hetero) is 1. The molecule has 0 fully saturated rings. The molecule has 2 N–H and O–H groups in total. The molecular formula is C32H39FN2O8S2. The van der Waals surface area contributed by atoms with Gasteiger partial charge in [0.15, 0.2) is 6.79 Å². The molecule has 0 saturated heterocycles. The summed E-state index contributed by atoms with van der Waals surface area (Å²) in [4.78, 5) is 39.8. The van der Waals surface area contributed by atoms with E-state index in [4.69, 9.17) is 14.2 Å². The van der Waals surface area contributed by atoms with Gasteiger partial charge in [-0.2, -0.15) is 11.3 Å². The van der Waals surface area contributed by atoms with Gasteiger partial charge in [0.05, 0.1) is 32.6 Å². The van der Waals surface area contributed by atoms with E-state index in [-0.39, 0.29) is 29.5 Å². The Bertz CT molecular complexity index is 1520. The van der Waals surface area contributed by atoms with E-state index in [0.717, 1.165) is 0 Å². The van der Waals surface area contributed by atoms with Crippen molar-refractivity contribution < 1.29 is 42.3 Å². The summed E-state index contributed by atoms with van der Waals surface area (Å²) in [7, 11) is -0.359. The highest BCUT2D eigenvalue weighted by atomic mass is 32.2. The molecule has 0 saturated carbocycles. The highest BCUT2D eigenvalue weighted by molar-refractivity contribution is 7.84. The van der Waals surface area contributed by atoms with E-state index < -0.39 is 63.4 Å². The summed E-state index contributed by atoms with van der Waals surface area (Å²) in [5, 5.41) is 13.0. The van der Waals surface area contributed by atoms with Gasteiger partial charge in [-0.1, -0.05) is 0 Å². The van der Waals surface area contributed by atoms with Crippen molar-refractivity contribution in [1.82, 2.24) is 4.72 Å². The normalized spacial score (nSPS) is 13.9. The van der Waals surface area contributed by atoms with Crippen LogP contribution in [0.25, 0.3) is 0 Å². The van der Waals surface area contributed by atoms with Crippen LogP contribution in [0, 0.1) is 5.82 Å². The second kappa shape index (κ2) is 14.6. The number of thiophene rings is 1. The van der Waals surface area contributed by atoms with Gasteiger partial charge in [0.1, 0.15) is 29.4 Å². The van der Waals surface area contributed by atoms with Gasteiger partial charge in [-0.15, -0.1) is 0 Å². The second-order valence-corrected chi connectivity index (χ2v) is 15.0. The van der Waals surface area contributed by atoms with Gasteiger partial charge >= 0.3 is 12.1 Å². The Kier molecular flexibility index (Phi) is 11.6. The number of nitrogens with zero attached hydrogens (tertiary/aromatic N) is 1. The van der Waals surface area contributed by atoms with Crippen LogP contribution in [0.15, 0.2) is 59.3 Å². The van der Waals surface area contributed by atoms with Crippen molar-refractivity contribution in [3.8, 4) is 5.75 Å². The van der Waals surface area contributed by atoms with Gasteiger partial charge in [-0.05, 0) is 106 Å².